The van der Waals surface area contributed by atoms with Gasteiger partial charge in [-0.1, -0.05) is 11.3 Å². The molecule has 2 aromatic rings. The van der Waals surface area contributed by atoms with Gasteiger partial charge in [0.1, 0.15) is 11.3 Å². The Morgan fingerprint density at radius 1 is 1.61 bits per heavy atom. The van der Waals surface area contributed by atoms with Gasteiger partial charge in [-0.2, -0.15) is 0 Å². The molecule has 1 aromatic heterocycles. The fraction of sp³-hybridized carbons (Fsp3) is 0.125. The maximum atomic E-state index is 13.7. The molecule has 0 amide bonds. The summed E-state index contributed by atoms with van der Waals surface area (Å²) in [7, 11) is -4.32. The fourth-order valence-electron chi connectivity index (χ4n) is 1.27. The van der Waals surface area contributed by atoms with E-state index in [1.165, 1.54) is 6.07 Å². The van der Waals surface area contributed by atoms with Gasteiger partial charge in [-0.05, 0) is 22.0 Å². The average Bonchev–Trinajstić information content (AvgIpc) is 2.62. The highest BCUT2D eigenvalue weighted by molar-refractivity contribution is 9.10. The van der Waals surface area contributed by atoms with Crippen LogP contribution in [0.25, 0.3) is 10.2 Å². The third kappa shape index (κ3) is 2.81. The molecule has 0 radical (unpaired) electrons. The van der Waals surface area contributed by atoms with E-state index < -0.39 is 19.8 Å². The van der Waals surface area contributed by atoms with Gasteiger partial charge in [0.05, 0.1) is 9.17 Å². The second kappa shape index (κ2) is 4.75. The molecule has 2 rings (SSSR count). The van der Waals surface area contributed by atoms with E-state index in [0.29, 0.717) is 0 Å². The number of hydrogen-bond donors (Lipinski definition) is 3. The summed E-state index contributed by atoms with van der Waals surface area (Å²) in [4.78, 5) is 21.3. The Bertz CT molecular complexity index is 658. The number of rotatable bonds is 3. The van der Waals surface area contributed by atoms with E-state index in [2.05, 4.69) is 20.9 Å². The Hall–Kier alpha value is -0.730. The Morgan fingerprint density at radius 2 is 2.28 bits per heavy atom. The monoisotopic (exact) mass is 356 g/mol. The highest BCUT2D eigenvalue weighted by Crippen LogP contribution is 2.40. The number of fused-ring (bicyclic) bond motifs is 1. The van der Waals surface area contributed by atoms with Crippen LogP contribution in [0.15, 0.2) is 10.5 Å². The van der Waals surface area contributed by atoms with Crippen LogP contribution in [0.4, 0.5) is 9.52 Å². The molecule has 0 unspecified atom stereocenters. The summed E-state index contributed by atoms with van der Waals surface area (Å²) < 4.78 is 29.7. The van der Waals surface area contributed by atoms with E-state index in [0.717, 1.165) is 11.3 Å². The summed E-state index contributed by atoms with van der Waals surface area (Å²) in [6.07, 6.45) is -0.808. The molecule has 4 N–H and O–H groups in total. The number of nitrogens with two attached hydrogens (primary N) is 1. The molecule has 0 aliphatic heterocycles. The van der Waals surface area contributed by atoms with Crippen molar-refractivity contribution < 1.29 is 23.5 Å². The largest absolute Gasteiger partial charge is 0.479 e. The van der Waals surface area contributed by atoms with Crippen molar-refractivity contribution in [3.05, 3.63) is 16.4 Å². The van der Waals surface area contributed by atoms with Gasteiger partial charge in [0.15, 0.2) is 17.3 Å². The van der Waals surface area contributed by atoms with Crippen molar-refractivity contribution in [2.45, 2.75) is 0 Å². The lowest BCUT2D eigenvalue weighted by molar-refractivity contribution is 0.302. The summed E-state index contributed by atoms with van der Waals surface area (Å²) in [5.41, 5.74) is 5.62. The van der Waals surface area contributed by atoms with E-state index >= 15 is 0 Å². The van der Waals surface area contributed by atoms with Gasteiger partial charge in [-0.15, -0.1) is 0 Å². The summed E-state index contributed by atoms with van der Waals surface area (Å²) in [6.45, 7) is 0. The molecule has 18 heavy (non-hydrogen) atoms. The molecule has 98 valence electrons. The van der Waals surface area contributed by atoms with E-state index in [4.69, 9.17) is 20.3 Å². The first kappa shape index (κ1) is 13.7. The molecule has 0 atom stereocenters. The lowest BCUT2D eigenvalue weighted by Crippen LogP contribution is -1.99. The van der Waals surface area contributed by atoms with E-state index in [9.17, 15) is 8.96 Å². The number of aromatic nitrogens is 1. The van der Waals surface area contributed by atoms with Crippen molar-refractivity contribution in [3.63, 3.8) is 0 Å². The molecule has 0 spiro atoms. The number of hydrogen-bond acceptors (Lipinski definition) is 5. The Balaban J connectivity index is 2.50. The molecule has 0 fully saturated rings. The highest BCUT2D eigenvalue weighted by Gasteiger charge is 2.19. The van der Waals surface area contributed by atoms with Crippen LogP contribution in [0.5, 0.6) is 5.75 Å². The summed E-state index contributed by atoms with van der Waals surface area (Å²) in [6, 6.07) is 1.26. The average molecular weight is 357 g/mol. The third-order valence-electron chi connectivity index (χ3n) is 1.93. The molecular weight excluding hydrogens is 350 g/mol. The predicted octanol–water partition coefficient (Wildman–Crippen LogP) is 2.29. The second-order valence-electron chi connectivity index (χ2n) is 3.34. The number of thiazole rings is 1. The smallest absolute Gasteiger partial charge is 0.362 e. The molecule has 10 heteroatoms. The maximum absolute atomic E-state index is 13.7. The summed E-state index contributed by atoms with van der Waals surface area (Å²) in [5, 5.41) is 0.142. The maximum Gasteiger partial charge on any atom is 0.362 e. The molecule has 0 saturated carbocycles. The zero-order valence-corrected chi connectivity index (χ0v) is 11.9. The lowest BCUT2D eigenvalue weighted by atomic mass is 10.3. The van der Waals surface area contributed by atoms with Crippen LogP contribution in [0, 0.1) is 5.82 Å². The molecule has 6 nitrogen and oxygen atoms in total. The number of benzene rings is 1. The van der Waals surface area contributed by atoms with Crippen molar-refractivity contribution >= 4 is 50.2 Å². The van der Waals surface area contributed by atoms with Crippen LogP contribution in [0.3, 0.4) is 0 Å². The molecule has 1 heterocycles. The fourth-order valence-corrected chi connectivity index (χ4v) is 2.90. The minimum Gasteiger partial charge on any atom is -0.479 e. The first-order valence-electron chi connectivity index (χ1n) is 4.49. The van der Waals surface area contributed by atoms with Gasteiger partial charge in [-0.3, -0.25) is 4.57 Å². The molecular formula is C8H7BrFN2O4PS. The molecule has 0 bridgehead atoms. The molecule has 0 saturated heterocycles. The van der Waals surface area contributed by atoms with Gasteiger partial charge in [0.2, 0.25) is 0 Å². The standard InChI is InChI=1S/C8H7BrFN2O4PS/c9-3-1-4(16-2-17(13,14)15)6-7(5(3)10)18-8(11)12-6/h1H,2H2,(H2,11,12)(H2,13,14,15). The number of nitrogen functional groups attached to an aromatic ring is 1. The van der Waals surface area contributed by atoms with E-state index in [1.807, 2.05) is 0 Å². The van der Waals surface area contributed by atoms with Gasteiger partial charge in [-0.25, -0.2) is 9.37 Å². The third-order valence-corrected chi connectivity index (χ3v) is 3.85. The first-order valence-corrected chi connectivity index (χ1v) is 7.90. The van der Waals surface area contributed by atoms with E-state index in [-0.39, 0.29) is 25.6 Å². The quantitative estimate of drug-likeness (QED) is 0.728. The summed E-state index contributed by atoms with van der Waals surface area (Å²) >= 11 is 3.91. The SMILES string of the molecule is Nc1nc2c(OCP(=O)(O)O)cc(Br)c(F)c2s1. The second-order valence-corrected chi connectivity index (χ2v) is 6.81. The molecule has 0 aliphatic rings. The number of nitrogens with zero attached hydrogens (tertiary/aromatic N) is 1. The van der Waals surface area contributed by atoms with Crippen LogP contribution in [0.2, 0.25) is 0 Å². The van der Waals surface area contributed by atoms with Crippen LogP contribution in [-0.4, -0.2) is 21.1 Å². The Morgan fingerprint density at radius 3 is 2.89 bits per heavy atom. The lowest BCUT2D eigenvalue weighted by Gasteiger charge is -2.08. The number of anilines is 1. The van der Waals surface area contributed by atoms with Crippen molar-refractivity contribution in [2.75, 3.05) is 12.1 Å². The van der Waals surface area contributed by atoms with Gasteiger partial charge >= 0.3 is 7.60 Å². The van der Waals surface area contributed by atoms with Crippen molar-refractivity contribution in [1.82, 2.24) is 4.98 Å². The normalized spacial score (nSPS) is 12.0. The number of ether oxygens (including phenoxy) is 1. The minimum atomic E-state index is -4.32. The highest BCUT2D eigenvalue weighted by atomic mass is 79.9. The topological polar surface area (TPSA) is 106 Å². The van der Waals surface area contributed by atoms with Crippen LogP contribution in [0.1, 0.15) is 0 Å². The molecule has 0 aliphatic carbocycles. The Kier molecular flexibility index (Phi) is 3.61. The first-order chi connectivity index (χ1) is 8.28. The zero-order valence-electron chi connectivity index (χ0n) is 8.63. The van der Waals surface area contributed by atoms with Gasteiger partial charge in [0, 0.05) is 0 Å². The van der Waals surface area contributed by atoms with E-state index in [1.54, 1.807) is 0 Å². The zero-order chi connectivity index (χ0) is 13.5. The predicted molar refractivity (Wildman–Crippen MR) is 69.2 cm³/mol. The van der Waals surface area contributed by atoms with Gasteiger partial charge in [0.25, 0.3) is 0 Å². The number of halogens is 2. The van der Waals surface area contributed by atoms with Crippen molar-refractivity contribution in [3.8, 4) is 5.75 Å². The Labute approximate surface area is 113 Å². The summed E-state index contributed by atoms with van der Waals surface area (Å²) in [5.74, 6) is -0.475. The van der Waals surface area contributed by atoms with Crippen LogP contribution in [-0.2, 0) is 4.57 Å². The van der Waals surface area contributed by atoms with Crippen LogP contribution < -0.4 is 10.5 Å². The van der Waals surface area contributed by atoms with Gasteiger partial charge < -0.3 is 20.3 Å². The van der Waals surface area contributed by atoms with Crippen LogP contribution >= 0.6 is 34.9 Å². The van der Waals surface area contributed by atoms with Crippen molar-refractivity contribution in [1.29, 1.82) is 0 Å². The van der Waals surface area contributed by atoms with Crippen molar-refractivity contribution in [2.24, 2.45) is 0 Å². The minimum absolute atomic E-state index is 0.0644. The molecule has 1 aromatic carbocycles.